The van der Waals surface area contributed by atoms with E-state index in [9.17, 15) is 19.4 Å². The van der Waals surface area contributed by atoms with Crippen molar-refractivity contribution in [3.63, 3.8) is 0 Å². The number of nitrogens with zero attached hydrogens (tertiary/aromatic N) is 1. The highest BCUT2D eigenvalue weighted by molar-refractivity contribution is 7.47. The highest BCUT2D eigenvalue weighted by Gasteiger charge is 2.27. The average Bonchev–Trinajstić information content (AvgIpc) is 3.15. The van der Waals surface area contributed by atoms with Crippen LogP contribution in [0.5, 0.6) is 0 Å². The summed E-state index contributed by atoms with van der Waals surface area (Å²) in [7, 11) is 1.55. The predicted octanol–water partition coefficient (Wildman–Crippen LogP) is 12.9. The zero-order chi connectivity index (χ0) is 41.4. The molecule has 3 N–H and O–H groups in total. The number of likely N-dealkylation sites (N-methyl/N-ethyl adjacent to an activating group) is 1. The van der Waals surface area contributed by atoms with Crippen LogP contribution < -0.4 is 5.32 Å². The van der Waals surface area contributed by atoms with E-state index in [2.05, 4.69) is 55.6 Å². The first-order valence-electron chi connectivity index (χ1n) is 23.0. The second kappa shape index (κ2) is 38.9. The minimum absolute atomic E-state index is 0.0541. The Morgan fingerprint density at radius 1 is 0.607 bits per heavy atom. The van der Waals surface area contributed by atoms with Gasteiger partial charge in [0.05, 0.1) is 39.9 Å². The number of carbonyl (C=O) groups excluding carboxylic acids is 1. The number of quaternary nitrogens is 1. The fourth-order valence-electron chi connectivity index (χ4n) is 6.32. The van der Waals surface area contributed by atoms with Crippen molar-refractivity contribution in [2.45, 2.75) is 206 Å². The number of carbonyl (C=O) groups is 1. The Morgan fingerprint density at radius 2 is 1.04 bits per heavy atom. The summed E-state index contributed by atoms with van der Waals surface area (Å²) < 4.78 is 23.5. The van der Waals surface area contributed by atoms with E-state index < -0.39 is 20.0 Å². The van der Waals surface area contributed by atoms with Crippen LogP contribution in [0.4, 0.5) is 0 Å². The standard InChI is InChI=1S/C47H89N2O6P/c1-6-8-10-12-14-16-18-20-22-23-24-25-27-29-31-33-35-37-39-41-47(51)48-45(44-55-56(52,53)54-43-42-49(3,4)5)46(50)40-38-36-34-32-30-28-26-21-19-17-15-13-11-9-7-2/h14,16,20,22,30,32,38,40,45-46,50H,6-13,15,17-19,21,23-29,31,33-37,39,41-44H2,1-5H3,(H-,48,51,52,53)/p+1/b16-14-,22-20-,32-30+,40-38+. The number of rotatable bonds is 41. The third-order valence-electron chi connectivity index (χ3n) is 10.0. The van der Waals surface area contributed by atoms with Crippen molar-refractivity contribution in [3.05, 3.63) is 48.6 Å². The Bertz CT molecular complexity index is 1050. The lowest BCUT2D eigenvalue weighted by molar-refractivity contribution is -0.870. The van der Waals surface area contributed by atoms with Gasteiger partial charge in [-0.3, -0.25) is 13.8 Å². The monoisotopic (exact) mass is 810 g/mol. The van der Waals surface area contributed by atoms with Gasteiger partial charge in [0, 0.05) is 6.42 Å². The fourth-order valence-corrected chi connectivity index (χ4v) is 7.06. The maximum atomic E-state index is 12.9. The third kappa shape index (κ3) is 40.6. The van der Waals surface area contributed by atoms with E-state index >= 15 is 0 Å². The minimum Gasteiger partial charge on any atom is -0.387 e. The lowest BCUT2D eigenvalue weighted by Gasteiger charge is -2.25. The fraction of sp³-hybridized carbons (Fsp3) is 0.809. The molecule has 0 rings (SSSR count). The van der Waals surface area contributed by atoms with Crippen molar-refractivity contribution in [1.82, 2.24) is 5.32 Å². The average molecular weight is 810 g/mol. The number of amides is 1. The first-order chi connectivity index (χ1) is 27.0. The van der Waals surface area contributed by atoms with Crippen LogP contribution in [0.3, 0.4) is 0 Å². The van der Waals surface area contributed by atoms with Crippen LogP contribution in [0.2, 0.25) is 0 Å². The van der Waals surface area contributed by atoms with Crippen LogP contribution >= 0.6 is 7.82 Å². The molecule has 0 aromatic carbocycles. The first-order valence-corrected chi connectivity index (χ1v) is 24.5. The molecule has 0 radical (unpaired) electrons. The van der Waals surface area contributed by atoms with Gasteiger partial charge in [0.25, 0.3) is 0 Å². The number of nitrogens with one attached hydrogen (secondary N) is 1. The zero-order valence-electron chi connectivity index (χ0n) is 37.1. The lowest BCUT2D eigenvalue weighted by Crippen LogP contribution is -2.45. The first kappa shape index (κ1) is 54.5. The molecule has 3 atom stereocenters. The smallest absolute Gasteiger partial charge is 0.387 e. The number of phosphoric ester groups is 1. The summed E-state index contributed by atoms with van der Waals surface area (Å²) in [6.45, 7) is 4.75. The van der Waals surface area contributed by atoms with Crippen LogP contribution in [-0.2, 0) is 18.4 Å². The third-order valence-corrected chi connectivity index (χ3v) is 11.0. The van der Waals surface area contributed by atoms with Crippen LogP contribution in [0.25, 0.3) is 0 Å². The van der Waals surface area contributed by atoms with Gasteiger partial charge in [0.15, 0.2) is 0 Å². The van der Waals surface area contributed by atoms with E-state index in [0.717, 1.165) is 44.9 Å². The SMILES string of the molecule is CCCCC/C=C\C/C=C\CCCCCCCCCCCC(=O)NC(COP(=O)(O)OCC[N+](C)(C)C)C(O)/C=C/CC/C=C/CCCCCCCCCCC. The quantitative estimate of drug-likeness (QED) is 0.0246. The molecule has 3 unspecified atom stereocenters. The molecular formula is C47H90N2O6P+. The Hall–Kier alpha value is -1.54. The van der Waals surface area contributed by atoms with Crippen LogP contribution in [0.15, 0.2) is 48.6 Å². The van der Waals surface area contributed by atoms with Crippen molar-refractivity contribution in [2.24, 2.45) is 0 Å². The number of aliphatic hydroxyl groups is 1. The summed E-state index contributed by atoms with van der Waals surface area (Å²) in [6.07, 6.45) is 48.9. The Kier molecular flexibility index (Phi) is 37.9. The van der Waals surface area contributed by atoms with E-state index in [0.29, 0.717) is 17.4 Å². The molecule has 0 saturated carbocycles. The van der Waals surface area contributed by atoms with Gasteiger partial charge in [-0.25, -0.2) is 4.57 Å². The summed E-state index contributed by atoms with van der Waals surface area (Å²) in [4.78, 5) is 23.1. The molecule has 0 aliphatic heterocycles. The largest absolute Gasteiger partial charge is 0.472 e. The maximum absolute atomic E-state index is 12.9. The maximum Gasteiger partial charge on any atom is 0.472 e. The van der Waals surface area contributed by atoms with Crippen molar-refractivity contribution >= 4 is 13.7 Å². The van der Waals surface area contributed by atoms with Gasteiger partial charge >= 0.3 is 7.82 Å². The number of unbranched alkanes of at least 4 members (excludes halogenated alkanes) is 22. The molecule has 0 heterocycles. The van der Waals surface area contributed by atoms with Crippen molar-refractivity contribution in [3.8, 4) is 0 Å². The molecule has 0 saturated heterocycles. The number of hydrogen-bond acceptors (Lipinski definition) is 5. The molecule has 0 fully saturated rings. The molecule has 8 nitrogen and oxygen atoms in total. The van der Waals surface area contributed by atoms with E-state index in [1.807, 2.05) is 27.2 Å². The second-order valence-corrected chi connectivity index (χ2v) is 18.2. The van der Waals surface area contributed by atoms with Crippen LogP contribution in [-0.4, -0.2) is 73.4 Å². The van der Waals surface area contributed by atoms with Gasteiger partial charge < -0.3 is 19.8 Å². The number of hydrogen-bond donors (Lipinski definition) is 3. The van der Waals surface area contributed by atoms with Crippen molar-refractivity contribution in [1.29, 1.82) is 0 Å². The molecule has 0 spiro atoms. The van der Waals surface area contributed by atoms with Crippen LogP contribution in [0, 0.1) is 0 Å². The number of allylic oxidation sites excluding steroid dienone is 7. The van der Waals surface area contributed by atoms with E-state index in [4.69, 9.17) is 9.05 Å². The van der Waals surface area contributed by atoms with Gasteiger partial charge in [-0.05, 0) is 64.2 Å². The number of phosphoric acid groups is 1. The van der Waals surface area contributed by atoms with Crippen LogP contribution in [0.1, 0.15) is 194 Å². The highest BCUT2D eigenvalue weighted by atomic mass is 31.2. The normalized spacial score (nSPS) is 14.8. The molecule has 0 aromatic heterocycles. The molecule has 0 aliphatic carbocycles. The molecule has 0 aromatic rings. The predicted molar refractivity (Wildman–Crippen MR) is 240 cm³/mol. The van der Waals surface area contributed by atoms with Crippen molar-refractivity contribution in [2.75, 3.05) is 40.9 Å². The van der Waals surface area contributed by atoms with Gasteiger partial charge in [-0.2, -0.15) is 0 Å². The highest BCUT2D eigenvalue weighted by Crippen LogP contribution is 2.43. The summed E-state index contributed by atoms with van der Waals surface area (Å²) in [5.74, 6) is -0.193. The zero-order valence-corrected chi connectivity index (χ0v) is 38.0. The summed E-state index contributed by atoms with van der Waals surface area (Å²) in [6, 6.07) is -0.865. The summed E-state index contributed by atoms with van der Waals surface area (Å²) >= 11 is 0. The van der Waals surface area contributed by atoms with Gasteiger partial charge in [-0.15, -0.1) is 0 Å². The molecule has 1 amide bonds. The van der Waals surface area contributed by atoms with E-state index in [1.54, 1.807) is 6.08 Å². The van der Waals surface area contributed by atoms with Gasteiger partial charge in [0.2, 0.25) is 5.91 Å². The molecular weight excluding hydrogens is 719 g/mol. The van der Waals surface area contributed by atoms with Crippen molar-refractivity contribution < 1.29 is 32.9 Å². The van der Waals surface area contributed by atoms with Gasteiger partial charge in [-0.1, -0.05) is 172 Å². The summed E-state index contributed by atoms with van der Waals surface area (Å²) in [5.41, 5.74) is 0. The minimum atomic E-state index is -4.35. The molecule has 0 aliphatic rings. The van der Waals surface area contributed by atoms with E-state index in [1.165, 1.54) is 128 Å². The molecule has 328 valence electrons. The second-order valence-electron chi connectivity index (χ2n) is 16.8. The Morgan fingerprint density at radius 3 is 1.57 bits per heavy atom. The Labute approximate surface area is 346 Å². The van der Waals surface area contributed by atoms with Gasteiger partial charge in [0.1, 0.15) is 13.2 Å². The molecule has 9 heteroatoms. The number of aliphatic hydroxyl groups excluding tert-OH is 1. The molecule has 0 bridgehead atoms. The summed E-state index contributed by atoms with van der Waals surface area (Å²) in [5, 5.41) is 13.8. The Balaban J connectivity index is 4.44. The topological polar surface area (TPSA) is 105 Å². The van der Waals surface area contributed by atoms with E-state index in [-0.39, 0.29) is 19.1 Å². The lowest BCUT2D eigenvalue weighted by atomic mass is 10.1. The molecule has 56 heavy (non-hydrogen) atoms.